The van der Waals surface area contributed by atoms with Crippen molar-refractivity contribution in [1.29, 1.82) is 0 Å². The van der Waals surface area contributed by atoms with Crippen molar-refractivity contribution in [3.63, 3.8) is 0 Å². The largest absolute Gasteiger partial charge is 0.430 e. The number of nitrogens with two attached hydrogens (primary N) is 1. The van der Waals surface area contributed by atoms with E-state index in [0.717, 1.165) is 12.8 Å². The molecule has 2 aromatic rings. The summed E-state index contributed by atoms with van der Waals surface area (Å²) in [4.78, 5) is 4.24. The molecule has 0 aliphatic rings. The van der Waals surface area contributed by atoms with Gasteiger partial charge in [-0.2, -0.15) is 0 Å². The number of nitrogens with zero attached hydrogens (tertiary/aromatic N) is 1. The minimum absolute atomic E-state index is 0.304. The van der Waals surface area contributed by atoms with Gasteiger partial charge in [0.25, 0.3) is 5.22 Å². The van der Waals surface area contributed by atoms with Crippen molar-refractivity contribution in [2.75, 3.05) is 11.5 Å². The Balaban J connectivity index is 2.18. The molecule has 1 aromatic heterocycles. The van der Waals surface area contributed by atoms with E-state index in [2.05, 4.69) is 18.8 Å². The summed E-state index contributed by atoms with van der Waals surface area (Å²) in [5.74, 6) is 1.01. The number of aromatic nitrogens is 1. The van der Waals surface area contributed by atoms with E-state index in [1.807, 2.05) is 0 Å². The van der Waals surface area contributed by atoms with Crippen molar-refractivity contribution in [2.24, 2.45) is 5.92 Å². The standard InChI is InChI=1S/C13H18N2O2S/c1-3-4-9(2)8-18(16)13-15-11-7-10(14)5-6-12(11)17-13/h5-7,9H,3-4,8,14H2,1-2H3. The normalized spacial score (nSPS) is 14.8. The molecule has 0 saturated heterocycles. The van der Waals surface area contributed by atoms with Gasteiger partial charge in [0.1, 0.15) is 16.3 Å². The van der Waals surface area contributed by atoms with Crippen molar-refractivity contribution in [3.8, 4) is 0 Å². The van der Waals surface area contributed by atoms with Crippen LogP contribution in [0.15, 0.2) is 27.8 Å². The summed E-state index contributed by atoms with van der Waals surface area (Å²) in [6.45, 7) is 4.23. The zero-order valence-corrected chi connectivity index (χ0v) is 11.5. The summed E-state index contributed by atoms with van der Waals surface area (Å²) in [5, 5.41) is 0.304. The maximum atomic E-state index is 12.1. The predicted octanol–water partition coefficient (Wildman–Crippen LogP) is 2.95. The lowest BCUT2D eigenvalue weighted by Gasteiger charge is -2.06. The van der Waals surface area contributed by atoms with Gasteiger partial charge in [-0.15, -0.1) is 0 Å². The topological polar surface area (TPSA) is 69.1 Å². The quantitative estimate of drug-likeness (QED) is 0.845. The van der Waals surface area contributed by atoms with Gasteiger partial charge < -0.3 is 10.2 Å². The van der Waals surface area contributed by atoms with Gasteiger partial charge in [-0.05, 0) is 24.1 Å². The third-order valence-corrected chi connectivity index (χ3v) is 4.24. The Kier molecular flexibility index (Phi) is 4.01. The second-order valence-electron chi connectivity index (χ2n) is 4.61. The Morgan fingerprint density at radius 1 is 1.50 bits per heavy atom. The van der Waals surface area contributed by atoms with Crippen LogP contribution >= 0.6 is 0 Å². The predicted molar refractivity (Wildman–Crippen MR) is 73.8 cm³/mol. The highest BCUT2D eigenvalue weighted by atomic mass is 32.2. The minimum atomic E-state index is -1.17. The lowest BCUT2D eigenvalue weighted by Crippen LogP contribution is -2.08. The molecule has 0 fully saturated rings. The Morgan fingerprint density at radius 2 is 2.28 bits per heavy atom. The van der Waals surface area contributed by atoms with Crippen molar-refractivity contribution >= 4 is 27.6 Å². The zero-order valence-electron chi connectivity index (χ0n) is 10.7. The summed E-state index contributed by atoms with van der Waals surface area (Å²) in [7, 11) is -1.17. The molecule has 1 aromatic carbocycles. The van der Waals surface area contributed by atoms with Crippen LogP contribution in [0, 0.1) is 5.92 Å². The van der Waals surface area contributed by atoms with E-state index in [1.165, 1.54) is 0 Å². The van der Waals surface area contributed by atoms with Crippen molar-refractivity contribution in [2.45, 2.75) is 31.9 Å². The van der Waals surface area contributed by atoms with Gasteiger partial charge >= 0.3 is 0 Å². The maximum absolute atomic E-state index is 12.1. The van der Waals surface area contributed by atoms with Gasteiger partial charge in [-0.1, -0.05) is 26.7 Å². The van der Waals surface area contributed by atoms with Crippen LogP contribution in [0.1, 0.15) is 26.7 Å². The first-order valence-electron chi connectivity index (χ1n) is 6.14. The Labute approximate surface area is 109 Å². The van der Waals surface area contributed by atoms with Gasteiger partial charge in [-0.3, -0.25) is 0 Å². The van der Waals surface area contributed by atoms with Crippen LogP contribution in [0.3, 0.4) is 0 Å². The Hall–Kier alpha value is -1.36. The number of fused-ring (bicyclic) bond motifs is 1. The first-order valence-corrected chi connectivity index (χ1v) is 7.46. The number of rotatable bonds is 5. The molecular formula is C13H18N2O2S. The third-order valence-electron chi connectivity index (χ3n) is 2.80. The smallest absolute Gasteiger partial charge is 0.287 e. The maximum Gasteiger partial charge on any atom is 0.287 e. The van der Waals surface area contributed by atoms with Gasteiger partial charge in [0, 0.05) is 11.4 Å². The van der Waals surface area contributed by atoms with Crippen LogP contribution in [-0.2, 0) is 10.8 Å². The molecule has 0 aliphatic carbocycles. The molecule has 0 bridgehead atoms. The Bertz CT molecular complexity index is 565. The van der Waals surface area contributed by atoms with Crippen LogP contribution < -0.4 is 5.73 Å². The third kappa shape index (κ3) is 2.90. The highest BCUT2D eigenvalue weighted by Crippen LogP contribution is 2.21. The van der Waals surface area contributed by atoms with Crippen LogP contribution in [-0.4, -0.2) is 14.9 Å². The first kappa shape index (κ1) is 13.1. The van der Waals surface area contributed by atoms with Crippen molar-refractivity contribution in [1.82, 2.24) is 4.98 Å². The average Bonchev–Trinajstić information content (AvgIpc) is 2.72. The van der Waals surface area contributed by atoms with E-state index >= 15 is 0 Å². The van der Waals surface area contributed by atoms with Crippen molar-refractivity contribution in [3.05, 3.63) is 18.2 Å². The number of hydrogen-bond acceptors (Lipinski definition) is 4. The molecule has 4 nitrogen and oxygen atoms in total. The monoisotopic (exact) mass is 266 g/mol. The minimum Gasteiger partial charge on any atom is -0.430 e. The molecule has 0 spiro atoms. The fraction of sp³-hybridized carbons (Fsp3) is 0.462. The van der Waals surface area contributed by atoms with Crippen LogP contribution in [0.25, 0.3) is 11.1 Å². The van der Waals surface area contributed by atoms with Gasteiger partial charge in [-0.25, -0.2) is 9.19 Å². The molecule has 2 atom stereocenters. The second-order valence-corrected chi connectivity index (χ2v) is 5.99. The molecule has 0 saturated carbocycles. The highest BCUT2D eigenvalue weighted by Gasteiger charge is 2.15. The summed E-state index contributed by atoms with van der Waals surface area (Å²) >= 11 is 0. The van der Waals surface area contributed by atoms with Gasteiger partial charge in [0.2, 0.25) is 0 Å². The number of anilines is 1. The van der Waals surface area contributed by atoms with Gasteiger partial charge in [0.15, 0.2) is 5.58 Å². The SMILES string of the molecule is CCCC(C)CS(=O)c1nc2cc(N)ccc2o1. The zero-order chi connectivity index (χ0) is 13.1. The lowest BCUT2D eigenvalue weighted by molar-refractivity contribution is 0.473. The summed E-state index contributed by atoms with van der Waals surface area (Å²) in [5.41, 5.74) is 7.61. The van der Waals surface area contributed by atoms with E-state index in [4.69, 9.17) is 10.2 Å². The molecule has 2 rings (SSSR count). The van der Waals surface area contributed by atoms with Crippen LogP contribution in [0.2, 0.25) is 0 Å². The van der Waals surface area contributed by atoms with E-state index in [9.17, 15) is 4.21 Å². The lowest BCUT2D eigenvalue weighted by atomic mass is 10.1. The van der Waals surface area contributed by atoms with Crippen molar-refractivity contribution < 1.29 is 8.63 Å². The number of hydrogen-bond donors (Lipinski definition) is 1. The summed E-state index contributed by atoms with van der Waals surface area (Å²) in [6.07, 6.45) is 2.17. The summed E-state index contributed by atoms with van der Waals surface area (Å²) < 4.78 is 17.6. The van der Waals surface area contributed by atoms with E-state index in [0.29, 0.717) is 33.7 Å². The van der Waals surface area contributed by atoms with Gasteiger partial charge in [0.05, 0.1) is 0 Å². The van der Waals surface area contributed by atoms with E-state index in [-0.39, 0.29) is 0 Å². The second kappa shape index (κ2) is 5.52. The fourth-order valence-electron chi connectivity index (χ4n) is 1.93. The molecule has 0 amide bonds. The number of benzene rings is 1. The molecule has 18 heavy (non-hydrogen) atoms. The molecular weight excluding hydrogens is 248 g/mol. The molecule has 1 heterocycles. The molecule has 2 N–H and O–H groups in total. The molecule has 0 aliphatic heterocycles. The number of nitrogen functional groups attached to an aromatic ring is 1. The average molecular weight is 266 g/mol. The van der Waals surface area contributed by atoms with E-state index < -0.39 is 10.8 Å². The van der Waals surface area contributed by atoms with Crippen LogP contribution in [0.4, 0.5) is 5.69 Å². The fourth-order valence-corrected chi connectivity index (χ4v) is 3.14. The molecule has 2 unspecified atom stereocenters. The molecule has 5 heteroatoms. The van der Waals surface area contributed by atoms with Crippen LogP contribution in [0.5, 0.6) is 0 Å². The Morgan fingerprint density at radius 3 is 3.00 bits per heavy atom. The summed E-state index contributed by atoms with van der Waals surface area (Å²) in [6, 6.07) is 5.24. The molecule has 98 valence electrons. The first-order chi connectivity index (χ1) is 8.60. The molecule has 0 radical (unpaired) electrons. The highest BCUT2D eigenvalue weighted by molar-refractivity contribution is 7.84. The van der Waals surface area contributed by atoms with E-state index in [1.54, 1.807) is 18.2 Å². The number of oxazole rings is 1.